The number of rotatable bonds is 3. The van der Waals surface area contributed by atoms with Crippen LogP contribution >= 0.6 is 23.4 Å². The van der Waals surface area contributed by atoms with E-state index in [0.717, 1.165) is 11.0 Å². The number of carboxylic acids is 1. The molecule has 0 unspecified atom stereocenters. The van der Waals surface area contributed by atoms with Gasteiger partial charge >= 0.3 is 12.1 Å². The lowest BCUT2D eigenvalue weighted by Crippen LogP contribution is -2.40. The molecule has 2 aromatic rings. The van der Waals surface area contributed by atoms with Crippen molar-refractivity contribution in [3.05, 3.63) is 52.6 Å². The second-order valence-corrected chi connectivity index (χ2v) is 6.86. The second-order valence-electron chi connectivity index (χ2n) is 5.54. The lowest BCUT2D eigenvalue weighted by atomic mass is 9.96. The maximum atomic E-state index is 13.3. The van der Waals surface area contributed by atoms with Crippen LogP contribution in [0.4, 0.5) is 13.2 Å². The number of hydrogen-bond donors (Lipinski definition) is 1. The predicted octanol–water partition coefficient (Wildman–Crippen LogP) is 5.52. The van der Waals surface area contributed by atoms with Gasteiger partial charge in [0.2, 0.25) is 6.10 Å². The molecule has 3 rings (SSSR count). The zero-order valence-corrected chi connectivity index (χ0v) is 14.9. The molecule has 1 aliphatic heterocycles. The van der Waals surface area contributed by atoms with E-state index in [2.05, 4.69) is 0 Å². The zero-order valence-electron chi connectivity index (χ0n) is 13.3. The number of fused-ring (bicyclic) bond motifs is 1. The van der Waals surface area contributed by atoms with Crippen molar-refractivity contribution < 1.29 is 27.8 Å². The quantitative estimate of drug-likeness (QED) is 0.689. The number of carbonyl (C=O) groups is 1. The molecule has 1 N–H and O–H groups in total. The minimum absolute atomic E-state index is 0.0429. The highest BCUT2D eigenvalue weighted by atomic mass is 35.5. The van der Waals surface area contributed by atoms with E-state index >= 15 is 0 Å². The first kappa shape index (κ1) is 18.7. The number of carboxylic acid groups (broad SMARTS) is 1. The molecular formula is C18H12ClF3O3S. The monoisotopic (exact) mass is 400 g/mol. The van der Waals surface area contributed by atoms with Crippen LogP contribution in [0.3, 0.4) is 0 Å². The van der Waals surface area contributed by atoms with Crippen LogP contribution in [-0.4, -0.2) is 29.6 Å². The van der Waals surface area contributed by atoms with Gasteiger partial charge in [-0.05, 0) is 42.2 Å². The van der Waals surface area contributed by atoms with Gasteiger partial charge in [-0.3, -0.25) is 0 Å². The van der Waals surface area contributed by atoms with Crippen LogP contribution in [0, 0.1) is 0 Å². The third-order valence-corrected chi connectivity index (χ3v) is 4.82. The first-order valence-corrected chi connectivity index (χ1v) is 8.97. The van der Waals surface area contributed by atoms with Gasteiger partial charge in [0.1, 0.15) is 5.75 Å². The average Bonchev–Trinajstić information content (AvgIpc) is 2.59. The topological polar surface area (TPSA) is 46.5 Å². The largest absolute Gasteiger partial charge is 0.478 e. The Labute approximate surface area is 156 Å². The Hall–Kier alpha value is -2.12. The second kappa shape index (κ2) is 6.89. The first-order chi connectivity index (χ1) is 12.2. The Balaban J connectivity index is 2.18. The summed E-state index contributed by atoms with van der Waals surface area (Å²) in [6.07, 6.45) is -4.53. The van der Waals surface area contributed by atoms with Gasteiger partial charge < -0.3 is 9.84 Å². The summed E-state index contributed by atoms with van der Waals surface area (Å²) in [5, 5.41) is 9.39. The summed E-state index contributed by atoms with van der Waals surface area (Å²) in [7, 11) is 0. The third-order valence-electron chi connectivity index (χ3n) is 3.86. The summed E-state index contributed by atoms with van der Waals surface area (Å²) in [6.45, 7) is 0. The maximum Gasteiger partial charge on any atom is 0.430 e. The average molecular weight is 401 g/mol. The number of hydrogen-bond acceptors (Lipinski definition) is 3. The molecule has 136 valence electrons. The van der Waals surface area contributed by atoms with Crippen molar-refractivity contribution in [3.63, 3.8) is 0 Å². The van der Waals surface area contributed by atoms with Crippen LogP contribution in [0.1, 0.15) is 5.56 Å². The zero-order chi connectivity index (χ0) is 19.1. The molecule has 0 aromatic heterocycles. The van der Waals surface area contributed by atoms with Crippen molar-refractivity contribution in [1.82, 2.24) is 0 Å². The predicted molar refractivity (Wildman–Crippen MR) is 94.8 cm³/mol. The molecule has 1 heterocycles. The molecule has 1 aliphatic rings. The van der Waals surface area contributed by atoms with Gasteiger partial charge in [0.05, 0.1) is 5.57 Å². The van der Waals surface area contributed by atoms with E-state index in [-0.39, 0.29) is 16.3 Å². The van der Waals surface area contributed by atoms with Crippen molar-refractivity contribution in [2.75, 3.05) is 6.26 Å². The highest BCUT2D eigenvalue weighted by molar-refractivity contribution is 7.98. The molecule has 2 aromatic carbocycles. The van der Waals surface area contributed by atoms with Crippen LogP contribution < -0.4 is 4.74 Å². The van der Waals surface area contributed by atoms with Gasteiger partial charge in [0, 0.05) is 21.0 Å². The molecule has 0 fully saturated rings. The van der Waals surface area contributed by atoms with Crippen molar-refractivity contribution in [2.45, 2.75) is 17.2 Å². The van der Waals surface area contributed by atoms with Gasteiger partial charge in [0.25, 0.3) is 0 Å². The van der Waals surface area contributed by atoms with Gasteiger partial charge in [0.15, 0.2) is 0 Å². The normalized spacial score (nSPS) is 16.5. The molecule has 0 saturated carbocycles. The molecule has 0 spiro atoms. The third kappa shape index (κ3) is 3.54. The van der Waals surface area contributed by atoms with Crippen LogP contribution in [0.25, 0.3) is 17.2 Å². The fourth-order valence-corrected chi connectivity index (χ4v) is 3.31. The Morgan fingerprint density at radius 3 is 2.42 bits per heavy atom. The van der Waals surface area contributed by atoms with E-state index in [4.69, 9.17) is 21.4 Å². The van der Waals surface area contributed by atoms with E-state index < -0.39 is 23.8 Å². The van der Waals surface area contributed by atoms with Crippen molar-refractivity contribution in [3.8, 4) is 16.9 Å². The standard InChI is InChI=1S/C18H12ClF3O3S/c1-26-12-4-2-9(3-5-12)13-8-11(19)6-10-7-14(17(23)24)16(18(20,21)22)25-15(10)13/h2-8,16H,1H3,(H,23,24)/t16-/m0/s1. The van der Waals surface area contributed by atoms with Gasteiger partial charge in [-0.15, -0.1) is 11.8 Å². The number of alkyl halides is 3. The Morgan fingerprint density at radius 2 is 1.88 bits per heavy atom. The number of halogens is 4. The lowest BCUT2D eigenvalue weighted by Gasteiger charge is -2.28. The number of ether oxygens (including phenoxy) is 1. The molecule has 0 radical (unpaired) electrons. The Kier molecular flexibility index (Phi) is 4.94. The lowest BCUT2D eigenvalue weighted by molar-refractivity contribution is -0.187. The molecule has 3 nitrogen and oxygen atoms in total. The fourth-order valence-electron chi connectivity index (χ4n) is 2.68. The van der Waals surface area contributed by atoms with Crippen molar-refractivity contribution in [1.29, 1.82) is 0 Å². The molecular weight excluding hydrogens is 389 g/mol. The van der Waals surface area contributed by atoms with Crippen molar-refractivity contribution >= 4 is 35.4 Å². The number of benzene rings is 2. The fraction of sp³-hybridized carbons (Fsp3) is 0.167. The SMILES string of the molecule is CSc1ccc(-c2cc(Cl)cc3c2O[C@H](C(F)(F)F)C(C(=O)O)=C3)cc1. The van der Waals surface area contributed by atoms with Crippen LogP contribution in [0.15, 0.2) is 46.9 Å². The van der Waals surface area contributed by atoms with Gasteiger partial charge in [-0.2, -0.15) is 13.2 Å². The highest BCUT2D eigenvalue weighted by Crippen LogP contribution is 2.44. The van der Waals surface area contributed by atoms with Crippen LogP contribution in [0.5, 0.6) is 5.75 Å². The van der Waals surface area contributed by atoms with Crippen LogP contribution in [-0.2, 0) is 4.79 Å². The summed E-state index contributed by atoms with van der Waals surface area (Å²) < 4.78 is 45.0. The van der Waals surface area contributed by atoms with E-state index in [1.807, 2.05) is 18.4 Å². The number of aliphatic carboxylic acids is 1. The van der Waals surface area contributed by atoms with Crippen LogP contribution in [0.2, 0.25) is 5.02 Å². The van der Waals surface area contributed by atoms with E-state index in [1.54, 1.807) is 12.1 Å². The minimum Gasteiger partial charge on any atom is -0.478 e. The summed E-state index contributed by atoms with van der Waals surface area (Å²) in [5.41, 5.74) is 0.306. The smallest absolute Gasteiger partial charge is 0.430 e. The van der Waals surface area contributed by atoms with E-state index in [0.29, 0.717) is 11.1 Å². The molecule has 0 aliphatic carbocycles. The molecule has 0 saturated heterocycles. The highest BCUT2D eigenvalue weighted by Gasteiger charge is 2.48. The van der Waals surface area contributed by atoms with E-state index in [1.165, 1.54) is 23.9 Å². The van der Waals surface area contributed by atoms with E-state index in [9.17, 15) is 18.0 Å². The summed E-state index contributed by atoms with van der Waals surface area (Å²) >= 11 is 7.62. The Bertz CT molecular complexity index is 892. The number of thioether (sulfide) groups is 1. The van der Waals surface area contributed by atoms with Gasteiger partial charge in [-0.1, -0.05) is 23.7 Å². The molecule has 26 heavy (non-hydrogen) atoms. The van der Waals surface area contributed by atoms with Gasteiger partial charge in [-0.25, -0.2) is 4.79 Å². The molecule has 1 atom stereocenters. The first-order valence-electron chi connectivity index (χ1n) is 7.37. The molecule has 8 heteroatoms. The summed E-state index contributed by atoms with van der Waals surface area (Å²) in [4.78, 5) is 12.2. The molecule has 0 amide bonds. The summed E-state index contributed by atoms with van der Waals surface area (Å²) in [5.74, 6) is -1.73. The summed E-state index contributed by atoms with van der Waals surface area (Å²) in [6, 6.07) is 10.0. The maximum absolute atomic E-state index is 13.3. The minimum atomic E-state index is -4.86. The molecule has 0 bridgehead atoms. The Morgan fingerprint density at radius 1 is 1.23 bits per heavy atom. The van der Waals surface area contributed by atoms with Crippen molar-refractivity contribution in [2.24, 2.45) is 0 Å².